The Morgan fingerprint density at radius 3 is 2.43 bits per heavy atom. The highest BCUT2D eigenvalue weighted by Gasteiger charge is 2.26. The van der Waals surface area contributed by atoms with E-state index in [2.05, 4.69) is 17.0 Å². The zero-order valence-corrected chi connectivity index (χ0v) is 16.2. The third-order valence-corrected chi connectivity index (χ3v) is 5.32. The maximum atomic E-state index is 12.2. The Labute approximate surface area is 155 Å². The number of benzene rings is 2. The topological polar surface area (TPSA) is 35.4 Å². The van der Waals surface area contributed by atoms with E-state index in [9.17, 15) is 4.55 Å². The molecule has 0 radical (unpaired) electrons. The molecule has 23 heavy (non-hydrogen) atoms. The van der Waals surface area contributed by atoms with Gasteiger partial charge in [0.15, 0.2) is 0 Å². The van der Waals surface area contributed by atoms with E-state index in [1.165, 1.54) is 0 Å². The van der Waals surface area contributed by atoms with Gasteiger partial charge in [0.2, 0.25) is 0 Å². The number of thiol groups is 1. The summed E-state index contributed by atoms with van der Waals surface area (Å²) in [6.07, 6.45) is 1.56. The molecule has 0 fully saturated rings. The predicted molar refractivity (Wildman–Crippen MR) is 105 cm³/mol. The summed E-state index contributed by atoms with van der Waals surface area (Å²) >= 11 is 15.6. The molecule has 0 spiro atoms. The van der Waals surface area contributed by atoms with E-state index >= 15 is 0 Å². The van der Waals surface area contributed by atoms with Gasteiger partial charge in [0, 0.05) is 21.0 Å². The van der Waals surface area contributed by atoms with Crippen LogP contribution in [0.3, 0.4) is 0 Å². The highest BCUT2D eigenvalue weighted by molar-refractivity contribution is 7.91. The molecule has 0 aliphatic heterocycles. The first-order chi connectivity index (χ1) is 10.7. The molecule has 0 bridgehead atoms. The molecule has 0 heterocycles. The fourth-order valence-electron chi connectivity index (χ4n) is 1.93. The van der Waals surface area contributed by atoms with Gasteiger partial charge in [0.25, 0.3) is 0 Å². The summed E-state index contributed by atoms with van der Waals surface area (Å²) in [6, 6.07) is 11.1. The molecule has 1 atom stereocenters. The fraction of sp³-hybridized carbons (Fsp3) is 0.235. The van der Waals surface area contributed by atoms with Crippen molar-refractivity contribution in [2.75, 3.05) is 0 Å². The second-order valence-corrected chi connectivity index (χ2v) is 9.22. The van der Waals surface area contributed by atoms with Crippen LogP contribution in [0.25, 0.3) is 11.1 Å². The van der Waals surface area contributed by atoms with Crippen LogP contribution in [0.4, 0.5) is 0 Å². The maximum Gasteiger partial charge on any atom is 0.144 e. The third-order valence-electron chi connectivity index (χ3n) is 3.07. The predicted octanol–water partition coefficient (Wildman–Crippen LogP) is 5.83. The van der Waals surface area contributed by atoms with Gasteiger partial charge in [-0.3, -0.25) is 0 Å². The molecule has 6 heteroatoms. The van der Waals surface area contributed by atoms with Gasteiger partial charge in [-0.05, 0) is 44.5 Å². The standard InChI is InChI=1S/C17H17Cl2NOS2/c1-17(2,3)23(21)20-10-11-8-12(18)9-14(19)16(11)13-6-4-5-7-15(13)22/h4-10,22H,1-3H3/b20-10+. The van der Waals surface area contributed by atoms with Crippen LogP contribution < -0.4 is 0 Å². The lowest BCUT2D eigenvalue weighted by Crippen LogP contribution is -2.25. The van der Waals surface area contributed by atoms with E-state index in [0.29, 0.717) is 15.6 Å². The summed E-state index contributed by atoms with van der Waals surface area (Å²) in [5, 5.41) is 1.00. The minimum absolute atomic E-state index is 0.430. The molecule has 0 aliphatic carbocycles. The Morgan fingerprint density at radius 1 is 1.17 bits per heavy atom. The lowest BCUT2D eigenvalue weighted by atomic mass is 10.00. The summed E-state index contributed by atoms with van der Waals surface area (Å²) in [4.78, 5) is 0.795. The van der Waals surface area contributed by atoms with Crippen molar-refractivity contribution in [1.82, 2.24) is 0 Å². The van der Waals surface area contributed by atoms with Crippen LogP contribution in [-0.2, 0) is 11.4 Å². The summed E-state index contributed by atoms with van der Waals surface area (Å²) in [5.74, 6) is 0. The molecule has 0 N–H and O–H groups in total. The van der Waals surface area contributed by atoms with E-state index in [0.717, 1.165) is 16.0 Å². The van der Waals surface area contributed by atoms with Gasteiger partial charge in [0.05, 0.1) is 11.2 Å². The van der Waals surface area contributed by atoms with Crippen LogP contribution in [-0.4, -0.2) is 15.5 Å². The molecular weight excluding hydrogens is 369 g/mol. The maximum absolute atomic E-state index is 12.2. The Morgan fingerprint density at radius 2 is 1.83 bits per heavy atom. The molecule has 122 valence electrons. The summed E-state index contributed by atoms with van der Waals surface area (Å²) in [6.45, 7) is 5.61. The van der Waals surface area contributed by atoms with Crippen LogP contribution >= 0.6 is 35.8 Å². The van der Waals surface area contributed by atoms with E-state index in [4.69, 9.17) is 23.2 Å². The Hall–Kier alpha value is -0.650. The van der Waals surface area contributed by atoms with Crippen molar-refractivity contribution in [2.24, 2.45) is 4.40 Å². The smallest absolute Gasteiger partial charge is 0.144 e. The van der Waals surface area contributed by atoms with Crippen molar-refractivity contribution in [3.05, 3.63) is 52.0 Å². The summed E-state index contributed by atoms with van der Waals surface area (Å²) < 4.78 is 15.9. The van der Waals surface area contributed by atoms with E-state index in [1.807, 2.05) is 45.0 Å². The number of halogens is 2. The first-order valence-electron chi connectivity index (χ1n) is 6.93. The first kappa shape index (κ1) is 18.7. The largest absolute Gasteiger partial charge is 0.591 e. The molecule has 0 aromatic heterocycles. The lowest BCUT2D eigenvalue weighted by molar-refractivity contribution is 0.562. The van der Waals surface area contributed by atoms with Gasteiger partial charge in [0.1, 0.15) is 16.1 Å². The number of rotatable bonds is 3. The third kappa shape index (κ3) is 4.68. The minimum Gasteiger partial charge on any atom is -0.591 e. The van der Waals surface area contributed by atoms with Crippen LogP contribution in [0.5, 0.6) is 0 Å². The van der Waals surface area contributed by atoms with Gasteiger partial charge in [-0.1, -0.05) is 45.8 Å². The van der Waals surface area contributed by atoms with Crippen molar-refractivity contribution >= 4 is 53.4 Å². The second kappa shape index (κ2) is 7.49. The number of hydrogen-bond donors (Lipinski definition) is 1. The molecular formula is C17H17Cl2NOS2. The molecule has 2 aromatic carbocycles. The van der Waals surface area contributed by atoms with Gasteiger partial charge >= 0.3 is 0 Å². The molecule has 2 rings (SSSR count). The zero-order valence-electron chi connectivity index (χ0n) is 13.0. The second-order valence-electron chi connectivity index (χ2n) is 5.97. The molecule has 2 aromatic rings. The first-order valence-corrected chi connectivity index (χ1v) is 9.24. The Kier molecular flexibility index (Phi) is 6.09. The van der Waals surface area contributed by atoms with Gasteiger partial charge < -0.3 is 4.55 Å². The van der Waals surface area contributed by atoms with E-state index in [1.54, 1.807) is 18.3 Å². The number of hydrogen-bond acceptors (Lipinski definition) is 3. The average Bonchev–Trinajstić information content (AvgIpc) is 2.44. The summed E-state index contributed by atoms with van der Waals surface area (Å²) in [7, 11) is 0. The molecule has 2 nitrogen and oxygen atoms in total. The minimum atomic E-state index is -1.36. The molecule has 0 aliphatic rings. The fourth-order valence-corrected chi connectivity index (χ4v) is 3.34. The molecule has 1 unspecified atom stereocenters. The Bertz CT molecular complexity index is 742. The quantitative estimate of drug-likeness (QED) is 0.402. The van der Waals surface area contributed by atoms with Crippen molar-refractivity contribution in [1.29, 1.82) is 0 Å². The molecule has 0 saturated carbocycles. The highest BCUT2D eigenvalue weighted by atomic mass is 35.5. The monoisotopic (exact) mass is 385 g/mol. The molecule has 0 amide bonds. The van der Waals surface area contributed by atoms with Gasteiger partial charge in [-0.25, -0.2) is 0 Å². The highest BCUT2D eigenvalue weighted by Crippen LogP contribution is 2.36. The van der Waals surface area contributed by atoms with E-state index < -0.39 is 16.1 Å². The van der Waals surface area contributed by atoms with Crippen molar-refractivity contribution < 1.29 is 4.55 Å². The van der Waals surface area contributed by atoms with Crippen molar-refractivity contribution in [3.8, 4) is 11.1 Å². The van der Waals surface area contributed by atoms with Crippen LogP contribution in [0.2, 0.25) is 10.0 Å². The molecule has 0 saturated heterocycles. The average molecular weight is 386 g/mol. The SMILES string of the molecule is CC(C)(C)[S+]([O-])/N=C/c1cc(Cl)cc(Cl)c1-c1ccccc1S. The van der Waals surface area contributed by atoms with Gasteiger partial charge in [-0.2, -0.15) is 0 Å². The normalized spacial score (nSPS) is 13.5. The number of nitrogens with zero attached hydrogens (tertiary/aromatic N) is 1. The van der Waals surface area contributed by atoms with Crippen molar-refractivity contribution in [3.63, 3.8) is 0 Å². The van der Waals surface area contributed by atoms with Crippen LogP contribution in [0.15, 0.2) is 45.7 Å². The van der Waals surface area contributed by atoms with Gasteiger partial charge in [-0.15, -0.1) is 12.6 Å². The van der Waals surface area contributed by atoms with Crippen LogP contribution in [0, 0.1) is 0 Å². The lowest BCUT2D eigenvalue weighted by Gasteiger charge is -2.18. The van der Waals surface area contributed by atoms with Crippen molar-refractivity contribution in [2.45, 2.75) is 30.4 Å². The van der Waals surface area contributed by atoms with Crippen LogP contribution in [0.1, 0.15) is 26.3 Å². The van der Waals surface area contributed by atoms with E-state index in [-0.39, 0.29) is 0 Å². The zero-order chi connectivity index (χ0) is 17.2. The Balaban J connectivity index is 2.56. The summed E-state index contributed by atoms with van der Waals surface area (Å²) in [5.41, 5.74) is 2.36.